The molecule has 1 heterocycles. The number of rotatable bonds is 5. The van der Waals surface area contributed by atoms with Crippen LogP contribution in [-0.4, -0.2) is 46.4 Å². The molecule has 1 amide bonds. The van der Waals surface area contributed by atoms with Crippen LogP contribution >= 0.6 is 0 Å². The van der Waals surface area contributed by atoms with Crippen molar-refractivity contribution in [3.8, 4) is 0 Å². The monoisotopic (exact) mass is 211 g/mol. The molecule has 6 heteroatoms. The molecule has 0 spiro atoms. The third kappa shape index (κ3) is 3.67. The van der Waals surface area contributed by atoms with Crippen LogP contribution in [0.1, 0.15) is 12.1 Å². The number of carbonyl (C=O) groups is 1. The molecule has 1 rings (SSSR count). The number of nitrogens with two attached hydrogens (primary N) is 1. The fourth-order valence-electron chi connectivity index (χ4n) is 1.09. The van der Waals surface area contributed by atoms with Gasteiger partial charge in [-0.3, -0.25) is 4.79 Å². The summed E-state index contributed by atoms with van der Waals surface area (Å²) in [4.78, 5) is 12.9. The van der Waals surface area contributed by atoms with E-state index in [0.29, 0.717) is 6.54 Å². The van der Waals surface area contributed by atoms with Crippen molar-refractivity contribution in [2.75, 3.05) is 20.6 Å². The predicted octanol–water partition coefficient (Wildman–Crippen LogP) is -0.742. The summed E-state index contributed by atoms with van der Waals surface area (Å²) in [5.41, 5.74) is 6.27. The maximum Gasteiger partial charge on any atom is 0.243 e. The van der Waals surface area contributed by atoms with Crippen molar-refractivity contribution in [1.29, 1.82) is 0 Å². The summed E-state index contributed by atoms with van der Waals surface area (Å²) in [6.45, 7) is 0.881. The Hall–Kier alpha value is -1.43. The SMILES string of the molecule is CN(C)C(=O)Cn1cc(CCCN)nn1. The van der Waals surface area contributed by atoms with Crippen LogP contribution in [0.2, 0.25) is 0 Å². The van der Waals surface area contributed by atoms with E-state index in [1.807, 2.05) is 0 Å². The largest absolute Gasteiger partial charge is 0.347 e. The van der Waals surface area contributed by atoms with Crippen molar-refractivity contribution in [3.63, 3.8) is 0 Å². The number of aryl methyl sites for hydroxylation is 1. The van der Waals surface area contributed by atoms with Gasteiger partial charge in [0.1, 0.15) is 6.54 Å². The van der Waals surface area contributed by atoms with E-state index in [4.69, 9.17) is 5.73 Å². The lowest BCUT2D eigenvalue weighted by Gasteiger charge is -2.08. The molecule has 1 aromatic rings. The number of aromatic nitrogens is 3. The molecule has 0 aliphatic heterocycles. The van der Waals surface area contributed by atoms with Crippen LogP contribution in [0.25, 0.3) is 0 Å². The number of likely N-dealkylation sites (N-methyl/N-ethyl adjacent to an activating group) is 1. The van der Waals surface area contributed by atoms with Gasteiger partial charge < -0.3 is 10.6 Å². The van der Waals surface area contributed by atoms with Crippen molar-refractivity contribution >= 4 is 5.91 Å². The zero-order valence-electron chi connectivity index (χ0n) is 9.18. The van der Waals surface area contributed by atoms with E-state index in [9.17, 15) is 4.79 Å². The number of hydrogen-bond acceptors (Lipinski definition) is 4. The molecule has 0 fully saturated rings. The molecule has 0 aliphatic rings. The standard InChI is InChI=1S/C9H17N5O/c1-13(2)9(15)7-14-6-8(11-12-14)4-3-5-10/h6H,3-5,7,10H2,1-2H3. The molecule has 0 radical (unpaired) electrons. The summed E-state index contributed by atoms with van der Waals surface area (Å²) in [6.07, 6.45) is 3.49. The Morgan fingerprint density at radius 2 is 2.33 bits per heavy atom. The van der Waals surface area contributed by atoms with E-state index in [2.05, 4.69) is 10.3 Å². The van der Waals surface area contributed by atoms with Gasteiger partial charge in [-0.25, -0.2) is 4.68 Å². The van der Waals surface area contributed by atoms with Crippen molar-refractivity contribution in [3.05, 3.63) is 11.9 Å². The summed E-state index contributed by atoms with van der Waals surface area (Å²) in [6, 6.07) is 0. The topological polar surface area (TPSA) is 77.0 Å². The van der Waals surface area contributed by atoms with E-state index < -0.39 is 0 Å². The van der Waals surface area contributed by atoms with E-state index in [1.54, 1.807) is 25.0 Å². The minimum atomic E-state index is 0.00488. The van der Waals surface area contributed by atoms with E-state index in [1.165, 1.54) is 4.90 Å². The van der Waals surface area contributed by atoms with Crippen molar-refractivity contribution in [2.45, 2.75) is 19.4 Å². The third-order valence-electron chi connectivity index (χ3n) is 2.02. The number of amides is 1. The van der Waals surface area contributed by atoms with Crippen LogP contribution in [0.3, 0.4) is 0 Å². The van der Waals surface area contributed by atoms with Gasteiger partial charge in [-0.2, -0.15) is 0 Å². The molecule has 0 aliphatic carbocycles. The lowest BCUT2D eigenvalue weighted by molar-refractivity contribution is -0.129. The molecule has 1 aromatic heterocycles. The average Bonchev–Trinajstić information content (AvgIpc) is 2.62. The molecule has 0 unspecified atom stereocenters. The number of nitrogens with zero attached hydrogens (tertiary/aromatic N) is 4. The lowest BCUT2D eigenvalue weighted by atomic mass is 10.2. The van der Waals surface area contributed by atoms with Crippen LogP contribution in [0.15, 0.2) is 6.20 Å². The summed E-state index contributed by atoms with van der Waals surface area (Å²) in [5.74, 6) is 0.00488. The molecule has 0 aromatic carbocycles. The highest BCUT2D eigenvalue weighted by Gasteiger charge is 2.07. The first-order valence-electron chi connectivity index (χ1n) is 4.92. The summed E-state index contributed by atoms with van der Waals surface area (Å²) < 4.78 is 1.55. The van der Waals surface area contributed by atoms with Crippen molar-refractivity contribution in [1.82, 2.24) is 19.9 Å². The highest BCUT2D eigenvalue weighted by molar-refractivity contribution is 5.75. The second kappa shape index (κ2) is 5.45. The van der Waals surface area contributed by atoms with Gasteiger partial charge in [-0.05, 0) is 19.4 Å². The lowest BCUT2D eigenvalue weighted by Crippen LogP contribution is -2.26. The second-order valence-electron chi connectivity index (χ2n) is 3.59. The van der Waals surface area contributed by atoms with Gasteiger partial charge in [0.05, 0.1) is 5.69 Å². The van der Waals surface area contributed by atoms with Gasteiger partial charge in [0.15, 0.2) is 0 Å². The zero-order valence-corrected chi connectivity index (χ0v) is 9.18. The zero-order chi connectivity index (χ0) is 11.3. The Kier molecular flexibility index (Phi) is 4.23. The first-order valence-corrected chi connectivity index (χ1v) is 4.92. The molecule has 84 valence electrons. The predicted molar refractivity (Wildman–Crippen MR) is 56.1 cm³/mol. The fraction of sp³-hybridized carbons (Fsp3) is 0.667. The maximum absolute atomic E-state index is 11.4. The third-order valence-corrected chi connectivity index (χ3v) is 2.02. The molecule has 0 saturated carbocycles. The minimum Gasteiger partial charge on any atom is -0.347 e. The van der Waals surface area contributed by atoms with Gasteiger partial charge in [0.2, 0.25) is 5.91 Å². The van der Waals surface area contributed by atoms with Crippen LogP contribution in [0.4, 0.5) is 0 Å². The van der Waals surface area contributed by atoms with Gasteiger partial charge in [-0.15, -0.1) is 5.10 Å². The second-order valence-corrected chi connectivity index (χ2v) is 3.59. The number of hydrogen-bond donors (Lipinski definition) is 1. The average molecular weight is 211 g/mol. The Morgan fingerprint density at radius 3 is 2.93 bits per heavy atom. The highest BCUT2D eigenvalue weighted by Crippen LogP contribution is 1.97. The van der Waals surface area contributed by atoms with Crippen molar-refractivity contribution < 1.29 is 4.79 Å². The van der Waals surface area contributed by atoms with Gasteiger partial charge in [0, 0.05) is 20.3 Å². The Morgan fingerprint density at radius 1 is 1.60 bits per heavy atom. The Bertz CT molecular complexity index is 320. The van der Waals surface area contributed by atoms with Gasteiger partial charge in [0.25, 0.3) is 0 Å². The quantitative estimate of drug-likeness (QED) is 0.695. The molecule has 6 nitrogen and oxygen atoms in total. The van der Waals surface area contributed by atoms with Gasteiger partial charge in [-0.1, -0.05) is 5.21 Å². The first kappa shape index (κ1) is 11.6. The Balaban J connectivity index is 2.49. The van der Waals surface area contributed by atoms with Crippen LogP contribution in [0.5, 0.6) is 0 Å². The Labute approximate surface area is 89.0 Å². The molecule has 0 bridgehead atoms. The molecule has 0 saturated heterocycles. The highest BCUT2D eigenvalue weighted by atomic mass is 16.2. The first-order chi connectivity index (χ1) is 7.13. The molecule has 15 heavy (non-hydrogen) atoms. The normalized spacial score (nSPS) is 10.3. The van der Waals surface area contributed by atoms with Crippen LogP contribution in [-0.2, 0) is 17.8 Å². The summed E-state index contributed by atoms with van der Waals surface area (Å²) in [7, 11) is 3.43. The number of carbonyl (C=O) groups excluding carboxylic acids is 1. The van der Waals surface area contributed by atoms with Crippen LogP contribution in [0, 0.1) is 0 Å². The summed E-state index contributed by atoms with van der Waals surface area (Å²) in [5, 5.41) is 7.82. The summed E-state index contributed by atoms with van der Waals surface area (Å²) >= 11 is 0. The molecule has 0 atom stereocenters. The molecular formula is C9H17N5O. The minimum absolute atomic E-state index is 0.00488. The fourth-order valence-corrected chi connectivity index (χ4v) is 1.09. The maximum atomic E-state index is 11.4. The van der Waals surface area contributed by atoms with Crippen molar-refractivity contribution in [2.24, 2.45) is 5.73 Å². The van der Waals surface area contributed by atoms with Crippen LogP contribution < -0.4 is 5.73 Å². The van der Waals surface area contributed by atoms with E-state index in [0.717, 1.165) is 18.5 Å². The van der Waals surface area contributed by atoms with E-state index in [-0.39, 0.29) is 12.5 Å². The van der Waals surface area contributed by atoms with E-state index >= 15 is 0 Å². The molecular weight excluding hydrogens is 194 g/mol. The smallest absolute Gasteiger partial charge is 0.243 e. The molecule has 2 N–H and O–H groups in total. The van der Waals surface area contributed by atoms with Gasteiger partial charge >= 0.3 is 0 Å².